The van der Waals surface area contributed by atoms with Crippen molar-refractivity contribution in [3.8, 4) is 0 Å². The van der Waals surface area contributed by atoms with Gasteiger partial charge in [0.1, 0.15) is 6.61 Å². The van der Waals surface area contributed by atoms with Crippen LogP contribution in [0.3, 0.4) is 0 Å². The number of carbonyl (C=O) groups excluding carboxylic acids is 1. The Hall–Kier alpha value is -1.92. The molecule has 0 fully saturated rings. The molecule has 6 nitrogen and oxygen atoms in total. The summed E-state index contributed by atoms with van der Waals surface area (Å²) in [5.41, 5.74) is 6.97. The highest BCUT2D eigenvalue weighted by molar-refractivity contribution is 5.98. The normalized spacial score (nSPS) is 13.9. The molecular formula is C14H18N2O4. The minimum absolute atomic E-state index is 0.0338. The van der Waals surface area contributed by atoms with Gasteiger partial charge in [0.25, 0.3) is 5.91 Å². The van der Waals surface area contributed by atoms with Crippen LogP contribution in [0.2, 0.25) is 0 Å². The Kier molecular flexibility index (Phi) is 4.70. The molecule has 0 radical (unpaired) electrons. The zero-order valence-electron chi connectivity index (χ0n) is 11.2. The van der Waals surface area contributed by atoms with Gasteiger partial charge in [-0.25, -0.2) is 4.79 Å². The number of carboxylic acid groups (broad SMARTS) is 1. The first-order valence-corrected chi connectivity index (χ1v) is 6.58. The number of aromatic carboxylic acids is 1. The zero-order valence-corrected chi connectivity index (χ0v) is 11.2. The van der Waals surface area contributed by atoms with Gasteiger partial charge in [0.15, 0.2) is 0 Å². The predicted molar refractivity (Wildman–Crippen MR) is 73.9 cm³/mol. The average Bonchev–Trinajstić information content (AvgIpc) is 2.46. The summed E-state index contributed by atoms with van der Waals surface area (Å²) >= 11 is 0. The topological polar surface area (TPSA) is 92.9 Å². The Morgan fingerprint density at radius 3 is 2.90 bits per heavy atom. The summed E-state index contributed by atoms with van der Waals surface area (Å²) < 4.78 is 5.16. The molecule has 2 rings (SSSR count). The summed E-state index contributed by atoms with van der Waals surface area (Å²) in [6.45, 7) is 1.25. The molecular weight excluding hydrogens is 260 g/mol. The predicted octanol–water partition coefficient (Wildman–Crippen LogP) is 0.639. The van der Waals surface area contributed by atoms with Gasteiger partial charge in [-0.2, -0.15) is 0 Å². The fourth-order valence-corrected chi connectivity index (χ4v) is 2.40. The number of hydrogen-bond acceptors (Lipinski definition) is 4. The number of hydrogen-bond donors (Lipinski definition) is 2. The van der Waals surface area contributed by atoms with E-state index in [0.29, 0.717) is 31.8 Å². The van der Waals surface area contributed by atoms with E-state index in [1.807, 2.05) is 0 Å². The Labute approximate surface area is 117 Å². The molecule has 0 aliphatic carbocycles. The Morgan fingerprint density at radius 2 is 2.20 bits per heavy atom. The van der Waals surface area contributed by atoms with Gasteiger partial charge in [0.2, 0.25) is 0 Å². The van der Waals surface area contributed by atoms with E-state index in [-0.39, 0.29) is 18.1 Å². The maximum atomic E-state index is 12.1. The van der Waals surface area contributed by atoms with Crippen molar-refractivity contribution in [2.75, 3.05) is 31.2 Å². The fraction of sp³-hybridized carbons (Fsp3) is 0.429. The van der Waals surface area contributed by atoms with Gasteiger partial charge in [0.05, 0.1) is 12.2 Å². The van der Waals surface area contributed by atoms with Crippen LogP contribution in [0.4, 0.5) is 5.69 Å². The van der Waals surface area contributed by atoms with Crippen LogP contribution in [0.15, 0.2) is 18.2 Å². The van der Waals surface area contributed by atoms with Gasteiger partial charge in [-0.1, -0.05) is 6.07 Å². The van der Waals surface area contributed by atoms with Crippen molar-refractivity contribution in [3.05, 3.63) is 29.3 Å². The second-order valence-electron chi connectivity index (χ2n) is 4.60. The van der Waals surface area contributed by atoms with E-state index in [1.165, 1.54) is 0 Å². The van der Waals surface area contributed by atoms with Crippen LogP contribution in [0.5, 0.6) is 0 Å². The monoisotopic (exact) mass is 278 g/mol. The number of nitrogens with two attached hydrogens (primary N) is 1. The number of ether oxygens (including phenoxy) is 1. The van der Waals surface area contributed by atoms with Crippen molar-refractivity contribution >= 4 is 17.6 Å². The maximum absolute atomic E-state index is 12.1. The van der Waals surface area contributed by atoms with Gasteiger partial charge >= 0.3 is 5.97 Å². The molecule has 0 aromatic heterocycles. The lowest BCUT2D eigenvalue weighted by Crippen LogP contribution is -2.38. The van der Waals surface area contributed by atoms with E-state index < -0.39 is 5.97 Å². The molecule has 20 heavy (non-hydrogen) atoms. The Bertz CT molecular complexity index is 516. The third kappa shape index (κ3) is 2.97. The fourth-order valence-electron chi connectivity index (χ4n) is 2.40. The van der Waals surface area contributed by atoms with Gasteiger partial charge in [-0.05, 0) is 30.5 Å². The standard InChI is InChI=1S/C14H18N2O4/c15-6-8-20-9-13(17)16-7-2-4-10-11(14(18)19)3-1-5-12(10)16/h1,3,5H,2,4,6-9,15H2,(H,18,19). The highest BCUT2D eigenvalue weighted by atomic mass is 16.5. The summed E-state index contributed by atoms with van der Waals surface area (Å²) in [7, 11) is 0. The van der Waals surface area contributed by atoms with Crippen LogP contribution in [-0.2, 0) is 16.0 Å². The lowest BCUT2D eigenvalue weighted by atomic mass is 9.96. The van der Waals surface area contributed by atoms with E-state index in [9.17, 15) is 14.7 Å². The third-order valence-electron chi connectivity index (χ3n) is 3.27. The number of benzene rings is 1. The largest absolute Gasteiger partial charge is 0.478 e. The quantitative estimate of drug-likeness (QED) is 0.771. The molecule has 0 bridgehead atoms. The number of anilines is 1. The molecule has 3 N–H and O–H groups in total. The van der Waals surface area contributed by atoms with Gasteiger partial charge in [-0.15, -0.1) is 0 Å². The third-order valence-corrected chi connectivity index (χ3v) is 3.27. The minimum Gasteiger partial charge on any atom is -0.478 e. The summed E-state index contributed by atoms with van der Waals surface area (Å²) in [5, 5.41) is 9.20. The summed E-state index contributed by atoms with van der Waals surface area (Å²) in [5.74, 6) is -1.13. The van der Waals surface area contributed by atoms with E-state index in [4.69, 9.17) is 10.5 Å². The number of carbonyl (C=O) groups is 2. The molecule has 1 aliphatic heterocycles. The molecule has 1 aromatic carbocycles. The van der Waals surface area contributed by atoms with Crippen LogP contribution in [0.25, 0.3) is 0 Å². The second-order valence-corrected chi connectivity index (χ2v) is 4.60. The van der Waals surface area contributed by atoms with Gasteiger partial charge in [0, 0.05) is 18.8 Å². The van der Waals surface area contributed by atoms with Crippen LogP contribution >= 0.6 is 0 Å². The lowest BCUT2D eigenvalue weighted by Gasteiger charge is -2.30. The summed E-state index contributed by atoms with van der Waals surface area (Å²) in [6.07, 6.45) is 1.42. The van der Waals surface area contributed by atoms with Gasteiger partial charge < -0.3 is 20.5 Å². The van der Waals surface area contributed by atoms with Crippen LogP contribution < -0.4 is 10.6 Å². The number of carboxylic acids is 1. The van der Waals surface area contributed by atoms with E-state index in [0.717, 1.165) is 12.0 Å². The summed E-state index contributed by atoms with van der Waals surface area (Å²) in [4.78, 5) is 24.9. The molecule has 1 heterocycles. The van der Waals surface area contributed by atoms with Crippen molar-refractivity contribution in [2.24, 2.45) is 5.73 Å². The van der Waals surface area contributed by atoms with Crippen molar-refractivity contribution in [1.29, 1.82) is 0 Å². The molecule has 0 saturated heterocycles. The van der Waals surface area contributed by atoms with Crippen molar-refractivity contribution in [3.63, 3.8) is 0 Å². The Balaban J connectivity index is 2.22. The Morgan fingerprint density at radius 1 is 1.40 bits per heavy atom. The van der Waals surface area contributed by atoms with Crippen molar-refractivity contribution in [2.45, 2.75) is 12.8 Å². The molecule has 1 aromatic rings. The molecule has 0 atom stereocenters. The van der Waals surface area contributed by atoms with Gasteiger partial charge in [-0.3, -0.25) is 4.79 Å². The van der Waals surface area contributed by atoms with Crippen LogP contribution in [0.1, 0.15) is 22.3 Å². The molecule has 6 heteroatoms. The van der Waals surface area contributed by atoms with E-state index in [1.54, 1.807) is 23.1 Å². The first kappa shape index (κ1) is 14.5. The highest BCUT2D eigenvalue weighted by Gasteiger charge is 2.25. The SMILES string of the molecule is NCCOCC(=O)N1CCCc2c(C(=O)O)cccc21. The molecule has 0 spiro atoms. The molecule has 1 aliphatic rings. The number of amides is 1. The number of rotatable bonds is 5. The van der Waals surface area contributed by atoms with Crippen molar-refractivity contribution < 1.29 is 19.4 Å². The molecule has 108 valence electrons. The maximum Gasteiger partial charge on any atom is 0.336 e. The molecule has 0 saturated carbocycles. The highest BCUT2D eigenvalue weighted by Crippen LogP contribution is 2.30. The minimum atomic E-state index is -0.962. The molecule has 1 amide bonds. The summed E-state index contributed by atoms with van der Waals surface area (Å²) in [6, 6.07) is 5.01. The lowest BCUT2D eigenvalue weighted by molar-refractivity contribution is -0.123. The van der Waals surface area contributed by atoms with Crippen LogP contribution in [0, 0.1) is 0 Å². The first-order chi connectivity index (χ1) is 9.65. The molecule has 0 unspecified atom stereocenters. The first-order valence-electron chi connectivity index (χ1n) is 6.58. The smallest absolute Gasteiger partial charge is 0.336 e. The average molecular weight is 278 g/mol. The number of fused-ring (bicyclic) bond motifs is 1. The van der Waals surface area contributed by atoms with E-state index in [2.05, 4.69) is 0 Å². The van der Waals surface area contributed by atoms with E-state index >= 15 is 0 Å². The van der Waals surface area contributed by atoms with Crippen LogP contribution in [-0.4, -0.2) is 43.3 Å². The second kappa shape index (κ2) is 6.49. The van der Waals surface area contributed by atoms with Crippen molar-refractivity contribution in [1.82, 2.24) is 0 Å². The zero-order chi connectivity index (χ0) is 14.5. The number of nitrogens with zero attached hydrogens (tertiary/aromatic N) is 1.